The van der Waals surface area contributed by atoms with Crippen molar-refractivity contribution in [2.45, 2.75) is 13.5 Å². The predicted molar refractivity (Wildman–Crippen MR) is 60.4 cm³/mol. The van der Waals surface area contributed by atoms with Gasteiger partial charge in [0.2, 0.25) is 6.33 Å². The quantitative estimate of drug-likeness (QED) is 0.425. The molecule has 0 atom stereocenters. The van der Waals surface area contributed by atoms with Gasteiger partial charge >= 0.3 is 5.95 Å². The number of aryl methyl sites for hydroxylation is 1. The Morgan fingerprint density at radius 1 is 1.56 bits per heavy atom. The van der Waals surface area contributed by atoms with Crippen molar-refractivity contribution < 1.29 is 4.92 Å². The number of rotatable bonds is 4. The second kappa shape index (κ2) is 4.71. The Morgan fingerprint density at radius 2 is 2.33 bits per heavy atom. The summed E-state index contributed by atoms with van der Waals surface area (Å²) in [6, 6.07) is 1.67. The minimum atomic E-state index is -0.666. The van der Waals surface area contributed by atoms with Crippen LogP contribution in [0.25, 0.3) is 0 Å². The zero-order chi connectivity index (χ0) is 13.1. The smallest absolute Gasteiger partial charge is 0.390 e. The third-order valence-electron chi connectivity index (χ3n) is 2.04. The molecule has 0 saturated heterocycles. The highest BCUT2D eigenvalue weighted by Crippen LogP contribution is 2.06. The Balaban J connectivity index is 2.22. The van der Waals surface area contributed by atoms with Gasteiger partial charge in [0.15, 0.2) is 5.82 Å². The molecule has 18 heavy (non-hydrogen) atoms. The van der Waals surface area contributed by atoms with Crippen molar-refractivity contribution in [3.63, 3.8) is 0 Å². The monoisotopic (exact) mass is 250 g/mol. The minimum absolute atomic E-state index is 0.178. The fourth-order valence-corrected chi connectivity index (χ4v) is 1.36. The maximum atomic E-state index is 10.4. The SMILES string of the molecule is Cc1cc(NN)nc(Cn2cnc([N+](=O)[O-])n2)n1. The molecule has 0 aromatic carbocycles. The van der Waals surface area contributed by atoms with E-state index in [0.717, 1.165) is 5.69 Å². The summed E-state index contributed by atoms with van der Waals surface area (Å²) in [4.78, 5) is 21.6. The molecule has 2 aromatic heterocycles. The van der Waals surface area contributed by atoms with E-state index in [4.69, 9.17) is 5.84 Å². The lowest BCUT2D eigenvalue weighted by atomic mass is 10.4. The number of aromatic nitrogens is 5. The summed E-state index contributed by atoms with van der Waals surface area (Å²) in [7, 11) is 0. The number of nitrogens with one attached hydrogen (secondary N) is 1. The molecule has 2 aromatic rings. The van der Waals surface area contributed by atoms with Crippen LogP contribution in [0.5, 0.6) is 0 Å². The summed E-state index contributed by atoms with van der Waals surface area (Å²) in [6.45, 7) is 1.97. The number of nitro groups is 1. The van der Waals surface area contributed by atoms with E-state index >= 15 is 0 Å². The molecule has 10 nitrogen and oxygen atoms in total. The summed E-state index contributed by atoms with van der Waals surface area (Å²) < 4.78 is 1.28. The molecule has 0 unspecified atom stereocenters. The van der Waals surface area contributed by atoms with Gasteiger partial charge in [-0.05, 0) is 11.8 Å². The molecule has 0 fully saturated rings. The van der Waals surface area contributed by atoms with Crippen molar-refractivity contribution in [1.29, 1.82) is 0 Å². The number of nitrogens with two attached hydrogens (primary N) is 1. The largest absolute Gasteiger partial charge is 0.490 e. The standard InChI is InChI=1S/C8H10N8O2/c1-5-2-6(13-9)12-7(11-5)3-15-4-10-8(14-15)16(17)18/h2,4H,3,9H2,1H3,(H,11,12,13). The van der Waals surface area contributed by atoms with Crippen molar-refractivity contribution in [1.82, 2.24) is 24.7 Å². The molecule has 2 rings (SSSR count). The average Bonchev–Trinajstić information content (AvgIpc) is 2.76. The summed E-state index contributed by atoms with van der Waals surface area (Å²) in [5.74, 6) is 5.70. The van der Waals surface area contributed by atoms with Crippen LogP contribution < -0.4 is 11.3 Å². The van der Waals surface area contributed by atoms with Crippen molar-refractivity contribution in [3.8, 4) is 0 Å². The summed E-state index contributed by atoms with van der Waals surface area (Å²) in [6.07, 6.45) is 1.25. The molecule has 10 heteroatoms. The molecule has 94 valence electrons. The minimum Gasteiger partial charge on any atom is -0.390 e. The van der Waals surface area contributed by atoms with Crippen LogP contribution in [0.15, 0.2) is 12.4 Å². The fraction of sp³-hybridized carbons (Fsp3) is 0.250. The van der Waals surface area contributed by atoms with Gasteiger partial charge in [0.25, 0.3) is 0 Å². The van der Waals surface area contributed by atoms with Crippen molar-refractivity contribution >= 4 is 11.8 Å². The average molecular weight is 250 g/mol. The number of hydrogen-bond donors (Lipinski definition) is 2. The van der Waals surface area contributed by atoms with Crippen LogP contribution in [0.4, 0.5) is 11.8 Å². The molecule has 0 aliphatic heterocycles. The van der Waals surface area contributed by atoms with Gasteiger partial charge in [-0.15, -0.1) is 0 Å². The number of anilines is 1. The molecular weight excluding hydrogens is 240 g/mol. The summed E-state index contributed by atoms with van der Waals surface area (Å²) >= 11 is 0. The number of nitrogens with zero attached hydrogens (tertiary/aromatic N) is 6. The Labute approximate surface area is 101 Å². The first-order valence-electron chi connectivity index (χ1n) is 4.93. The van der Waals surface area contributed by atoms with E-state index in [-0.39, 0.29) is 6.54 Å². The highest BCUT2D eigenvalue weighted by Gasteiger charge is 2.14. The third-order valence-corrected chi connectivity index (χ3v) is 2.04. The lowest BCUT2D eigenvalue weighted by Gasteiger charge is -2.03. The van der Waals surface area contributed by atoms with Gasteiger partial charge < -0.3 is 15.5 Å². The second-order valence-corrected chi connectivity index (χ2v) is 3.45. The zero-order valence-corrected chi connectivity index (χ0v) is 9.44. The first kappa shape index (κ1) is 11.9. The van der Waals surface area contributed by atoms with Gasteiger partial charge in [0.1, 0.15) is 12.4 Å². The third kappa shape index (κ3) is 2.55. The predicted octanol–water partition coefficient (Wildman–Crippen LogP) is -0.381. The van der Waals surface area contributed by atoms with E-state index in [2.05, 4.69) is 25.5 Å². The second-order valence-electron chi connectivity index (χ2n) is 3.45. The van der Waals surface area contributed by atoms with E-state index in [1.54, 1.807) is 13.0 Å². The van der Waals surface area contributed by atoms with Crippen LogP contribution >= 0.6 is 0 Å². The highest BCUT2D eigenvalue weighted by atomic mass is 16.6. The van der Waals surface area contributed by atoms with Gasteiger partial charge in [-0.25, -0.2) is 15.8 Å². The Morgan fingerprint density at radius 3 is 2.94 bits per heavy atom. The van der Waals surface area contributed by atoms with E-state index in [0.29, 0.717) is 11.6 Å². The van der Waals surface area contributed by atoms with Crippen LogP contribution in [0.3, 0.4) is 0 Å². The number of hydrogen-bond acceptors (Lipinski definition) is 8. The van der Waals surface area contributed by atoms with Gasteiger partial charge in [-0.1, -0.05) is 4.98 Å². The van der Waals surface area contributed by atoms with Crippen LogP contribution in [-0.2, 0) is 6.54 Å². The maximum Gasteiger partial charge on any atom is 0.490 e. The van der Waals surface area contributed by atoms with Crippen LogP contribution in [0.1, 0.15) is 11.5 Å². The van der Waals surface area contributed by atoms with Gasteiger partial charge in [-0.2, -0.15) is 4.68 Å². The lowest BCUT2D eigenvalue weighted by Crippen LogP contribution is -2.13. The van der Waals surface area contributed by atoms with Crippen LogP contribution in [0.2, 0.25) is 0 Å². The Hall–Kier alpha value is -2.62. The first-order valence-corrected chi connectivity index (χ1v) is 4.93. The van der Waals surface area contributed by atoms with Gasteiger partial charge in [-0.3, -0.25) is 0 Å². The lowest BCUT2D eigenvalue weighted by molar-refractivity contribution is -0.394. The van der Waals surface area contributed by atoms with Crippen LogP contribution in [-0.4, -0.2) is 29.7 Å². The fourth-order valence-electron chi connectivity index (χ4n) is 1.36. The molecule has 2 heterocycles. The van der Waals surface area contributed by atoms with Crippen molar-refractivity contribution in [2.24, 2.45) is 5.84 Å². The highest BCUT2D eigenvalue weighted by molar-refractivity contribution is 5.33. The molecule has 0 bridgehead atoms. The van der Waals surface area contributed by atoms with Gasteiger partial charge in [0.05, 0.1) is 0 Å². The molecule has 0 saturated carbocycles. The molecule has 0 aliphatic rings. The Kier molecular flexibility index (Phi) is 3.10. The maximum absolute atomic E-state index is 10.4. The summed E-state index contributed by atoms with van der Waals surface area (Å²) in [5.41, 5.74) is 3.14. The van der Waals surface area contributed by atoms with E-state index in [1.165, 1.54) is 11.0 Å². The van der Waals surface area contributed by atoms with Crippen LogP contribution in [0, 0.1) is 17.0 Å². The Bertz CT molecular complexity index is 580. The van der Waals surface area contributed by atoms with E-state index in [1.807, 2.05) is 0 Å². The molecule has 0 radical (unpaired) electrons. The van der Waals surface area contributed by atoms with E-state index < -0.39 is 10.9 Å². The zero-order valence-electron chi connectivity index (χ0n) is 9.44. The normalized spacial score (nSPS) is 10.3. The topological polar surface area (TPSA) is 138 Å². The number of nitrogen functional groups attached to an aromatic ring is 1. The molecule has 0 aliphatic carbocycles. The first-order chi connectivity index (χ1) is 8.58. The molecule has 0 spiro atoms. The molecule has 3 N–H and O–H groups in total. The van der Waals surface area contributed by atoms with Gasteiger partial charge in [0, 0.05) is 16.9 Å². The van der Waals surface area contributed by atoms with Crippen molar-refractivity contribution in [3.05, 3.63) is 34.0 Å². The number of hydrazine groups is 1. The van der Waals surface area contributed by atoms with E-state index in [9.17, 15) is 10.1 Å². The molecule has 0 amide bonds. The summed E-state index contributed by atoms with van der Waals surface area (Å²) in [5, 5.41) is 14.1. The van der Waals surface area contributed by atoms with Crippen molar-refractivity contribution in [2.75, 3.05) is 5.43 Å². The molecular formula is C8H10N8O2.